The lowest BCUT2D eigenvalue weighted by Crippen LogP contribution is -2.38. The lowest BCUT2D eigenvalue weighted by atomic mass is 9.77. The van der Waals surface area contributed by atoms with Gasteiger partial charge in [-0.15, -0.1) is 0 Å². The van der Waals surface area contributed by atoms with Gasteiger partial charge in [0.05, 0.1) is 0 Å². The summed E-state index contributed by atoms with van der Waals surface area (Å²) >= 11 is 0. The summed E-state index contributed by atoms with van der Waals surface area (Å²) < 4.78 is 0. The molecule has 0 amide bonds. The van der Waals surface area contributed by atoms with Crippen molar-refractivity contribution in [2.24, 2.45) is 0 Å². The number of hydrogen-bond acceptors (Lipinski definition) is 1. The summed E-state index contributed by atoms with van der Waals surface area (Å²) in [5.41, 5.74) is 12.5. The second-order valence-corrected chi connectivity index (χ2v) is 12.9. The van der Waals surface area contributed by atoms with E-state index in [0.717, 1.165) is 0 Å². The Hall–Kier alpha value is -3.32. The van der Waals surface area contributed by atoms with Crippen LogP contribution in [0.2, 0.25) is 0 Å². The van der Waals surface area contributed by atoms with E-state index in [-0.39, 0.29) is 11.0 Å². The Balaban J connectivity index is 1.54. The zero-order valence-corrected chi connectivity index (χ0v) is 23.7. The summed E-state index contributed by atoms with van der Waals surface area (Å²) in [5, 5.41) is 0. The third kappa shape index (κ3) is 4.27. The fourth-order valence-corrected chi connectivity index (χ4v) is 7.01. The zero-order valence-electron chi connectivity index (χ0n) is 23.7. The molecule has 0 aromatic heterocycles. The summed E-state index contributed by atoms with van der Waals surface area (Å²) in [6, 6.07) is 34.1. The van der Waals surface area contributed by atoms with Gasteiger partial charge in [-0.1, -0.05) is 106 Å². The van der Waals surface area contributed by atoms with E-state index >= 15 is 0 Å². The van der Waals surface area contributed by atoms with Crippen LogP contribution in [0.15, 0.2) is 91.0 Å². The lowest BCUT2D eigenvalue weighted by molar-refractivity contribution is 0.441. The van der Waals surface area contributed by atoms with Crippen molar-refractivity contribution in [1.29, 1.82) is 0 Å². The Labute approximate surface area is 229 Å². The molecule has 0 unspecified atom stereocenters. The number of benzene rings is 4. The van der Waals surface area contributed by atoms with E-state index in [1.54, 1.807) is 5.56 Å². The lowest BCUT2D eigenvalue weighted by Gasteiger charge is -2.41. The average molecular weight is 500 g/mol. The first-order valence-corrected chi connectivity index (χ1v) is 14.5. The molecule has 1 fully saturated rings. The Morgan fingerprint density at radius 3 is 1.97 bits per heavy atom. The molecule has 0 spiro atoms. The Morgan fingerprint density at radius 1 is 0.658 bits per heavy atom. The summed E-state index contributed by atoms with van der Waals surface area (Å²) in [5.74, 6) is 0.622. The molecule has 1 heteroatoms. The minimum Gasteiger partial charge on any atom is -0.336 e. The molecule has 0 atom stereocenters. The molecular formula is C37H41N. The van der Waals surface area contributed by atoms with E-state index in [1.807, 2.05) is 0 Å². The molecule has 2 aliphatic carbocycles. The molecule has 0 N–H and O–H groups in total. The highest BCUT2D eigenvalue weighted by Crippen LogP contribution is 2.53. The zero-order chi connectivity index (χ0) is 26.5. The van der Waals surface area contributed by atoms with Crippen molar-refractivity contribution in [3.8, 4) is 22.3 Å². The van der Waals surface area contributed by atoms with Gasteiger partial charge in [0.1, 0.15) is 0 Å². The first-order valence-electron chi connectivity index (χ1n) is 14.5. The van der Waals surface area contributed by atoms with Gasteiger partial charge < -0.3 is 4.90 Å². The predicted octanol–water partition coefficient (Wildman–Crippen LogP) is 10.6. The molecule has 1 saturated carbocycles. The van der Waals surface area contributed by atoms with Gasteiger partial charge in [-0.25, -0.2) is 0 Å². The number of hydrogen-bond donors (Lipinski definition) is 0. The van der Waals surface area contributed by atoms with Crippen molar-refractivity contribution in [1.82, 2.24) is 0 Å². The summed E-state index contributed by atoms with van der Waals surface area (Å²) in [7, 11) is 0. The van der Waals surface area contributed by atoms with Crippen LogP contribution >= 0.6 is 0 Å². The quantitative estimate of drug-likeness (QED) is 0.270. The molecule has 38 heavy (non-hydrogen) atoms. The highest BCUT2D eigenvalue weighted by Gasteiger charge is 2.38. The smallest absolute Gasteiger partial charge is 0.0457 e. The Morgan fingerprint density at radius 2 is 1.29 bits per heavy atom. The van der Waals surface area contributed by atoms with Crippen LogP contribution in [0.3, 0.4) is 0 Å². The maximum absolute atomic E-state index is 2.61. The normalized spacial score (nSPS) is 16.7. The second kappa shape index (κ2) is 9.45. The van der Waals surface area contributed by atoms with Gasteiger partial charge in [-0.3, -0.25) is 0 Å². The first kappa shape index (κ1) is 25.0. The van der Waals surface area contributed by atoms with E-state index in [0.29, 0.717) is 5.92 Å². The maximum Gasteiger partial charge on any atom is 0.0457 e. The standard InChI is InChI=1S/C37H41N/c1-36(2,3)38(29-22-20-27(21-23-29)26-14-8-6-9-15-26)35-25-32-30-18-12-13-19-33(30)37(4,5)34(32)24-31(35)28-16-10-7-11-17-28/h6,8-9,12-15,18-25,28H,7,10-11,16-17H2,1-5H3. The van der Waals surface area contributed by atoms with Crippen molar-refractivity contribution in [3.05, 3.63) is 108 Å². The second-order valence-electron chi connectivity index (χ2n) is 12.9. The van der Waals surface area contributed by atoms with Crippen LogP contribution in [-0.4, -0.2) is 5.54 Å². The number of nitrogens with zero attached hydrogens (tertiary/aromatic N) is 1. The number of rotatable bonds is 4. The van der Waals surface area contributed by atoms with E-state index in [4.69, 9.17) is 0 Å². The van der Waals surface area contributed by atoms with Crippen LogP contribution in [0, 0.1) is 0 Å². The van der Waals surface area contributed by atoms with Gasteiger partial charge in [0.25, 0.3) is 0 Å². The fraction of sp³-hybridized carbons (Fsp3) is 0.351. The number of fused-ring (bicyclic) bond motifs is 3. The van der Waals surface area contributed by atoms with Crippen LogP contribution < -0.4 is 4.90 Å². The summed E-state index contributed by atoms with van der Waals surface area (Å²) in [6.07, 6.45) is 6.64. The monoisotopic (exact) mass is 499 g/mol. The summed E-state index contributed by atoms with van der Waals surface area (Å²) in [6.45, 7) is 11.9. The largest absolute Gasteiger partial charge is 0.336 e. The van der Waals surface area contributed by atoms with Crippen LogP contribution in [0.25, 0.3) is 22.3 Å². The van der Waals surface area contributed by atoms with Crippen molar-refractivity contribution >= 4 is 11.4 Å². The molecule has 6 rings (SSSR count). The van der Waals surface area contributed by atoms with Gasteiger partial charge in [0, 0.05) is 22.3 Å². The van der Waals surface area contributed by atoms with Crippen LogP contribution in [-0.2, 0) is 5.41 Å². The van der Waals surface area contributed by atoms with Crippen molar-refractivity contribution in [2.45, 2.75) is 83.6 Å². The predicted molar refractivity (Wildman–Crippen MR) is 164 cm³/mol. The van der Waals surface area contributed by atoms with E-state index in [2.05, 4.69) is 131 Å². The SMILES string of the molecule is CC1(C)c2ccccc2-c2cc(N(c3ccc(-c4ccccc4)cc3)C(C)(C)C)c(C3CCCCC3)cc21. The third-order valence-electron chi connectivity index (χ3n) is 8.92. The van der Waals surface area contributed by atoms with Crippen LogP contribution in [0.1, 0.15) is 89.3 Å². The van der Waals surface area contributed by atoms with Gasteiger partial charge >= 0.3 is 0 Å². The van der Waals surface area contributed by atoms with Crippen LogP contribution in [0.4, 0.5) is 11.4 Å². The first-order chi connectivity index (χ1) is 18.2. The van der Waals surface area contributed by atoms with Crippen molar-refractivity contribution < 1.29 is 0 Å². The van der Waals surface area contributed by atoms with E-state index in [1.165, 1.54) is 76.9 Å². The minimum atomic E-state index is -0.0699. The van der Waals surface area contributed by atoms with Gasteiger partial charge in [0.2, 0.25) is 0 Å². The molecule has 0 heterocycles. The molecule has 0 saturated heterocycles. The van der Waals surface area contributed by atoms with Gasteiger partial charge in [0.15, 0.2) is 0 Å². The molecule has 0 aliphatic heterocycles. The number of anilines is 2. The topological polar surface area (TPSA) is 3.24 Å². The molecular weight excluding hydrogens is 458 g/mol. The highest BCUT2D eigenvalue weighted by molar-refractivity contribution is 5.86. The Bertz CT molecular complexity index is 1430. The van der Waals surface area contributed by atoms with Crippen molar-refractivity contribution in [3.63, 3.8) is 0 Å². The molecule has 4 aromatic carbocycles. The molecule has 1 nitrogen and oxygen atoms in total. The van der Waals surface area contributed by atoms with Gasteiger partial charge in [-0.05, 0) is 96.7 Å². The van der Waals surface area contributed by atoms with Crippen LogP contribution in [0.5, 0.6) is 0 Å². The van der Waals surface area contributed by atoms with Gasteiger partial charge in [-0.2, -0.15) is 0 Å². The average Bonchev–Trinajstić information content (AvgIpc) is 3.15. The molecule has 0 bridgehead atoms. The maximum atomic E-state index is 2.61. The molecule has 4 aromatic rings. The third-order valence-corrected chi connectivity index (χ3v) is 8.92. The Kier molecular flexibility index (Phi) is 6.22. The molecule has 2 aliphatic rings. The summed E-state index contributed by atoms with van der Waals surface area (Å²) in [4.78, 5) is 2.61. The molecule has 194 valence electrons. The van der Waals surface area contributed by atoms with E-state index in [9.17, 15) is 0 Å². The minimum absolute atomic E-state index is 0.0256. The fourth-order valence-electron chi connectivity index (χ4n) is 7.01. The highest BCUT2D eigenvalue weighted by atomic mass is 15.2. The molecule has 0 radical (unpaired) electrons. The van der Waals surface area contributed by atoms with Crippen molar-refractivity contribution in [2.75, 3.05) is 4.90 Å². The van der Waals surface area contributed by atoms with E-state index < -0.39 is 0 Å².